The Balaban J connectivity index is 1.70. The molecule has 4 saturated carbocycles. The summed E-state index contributed by atoms with van der Waals surface area (Å²) in [5.74, 6) is 5.00. The normalized spacial score (nSPS) is 43.2. The summed E-state index contributed by atoms with van der Waals surface area (Å²) < 4.78 is 0. The van der Waals surface area contributed by atoms with Gasteiger partial charge in [0.2, 0.25) is 0 Å². The van der Waals surface area contributed by atoms with Gasteiger partial charge in [-0.2, -0.15) is 0 Å². The van der Waals surface area contributed by atoms with E-state index in [1.807, 2.05) is 11.3 Å². The third-order valence-electron chi connectivity index (χ3n) is 5.53. The lowest BCUT2D eigenvalue weighted by Gasteiger charge is -2.54. The van der Waals surface area contributed by atoms with Crippen molar-refractivity contribution < 1.29 is 0 Å². The van der Waals surface area contributed by atoms with Gasteiger partial charge >= 0.3 is 0 Å². The van der Waals surface area contributed by atoms with E-state index in [-0.39, 0.29) is 0 Å². The number of hydrogen-bond acceptors (Lipinski definition) is 2. The first-order chi connectivity index (χ1) is 8.20. The van der Waals surface area contributed by atoms with Crippen LogP contribution in [0.1, 0.15) is 47.8 Å². The lowest BCUT2D eigenvalue weighted by molar-refractivity contribution is -0.00159. The van der Waals surface area contributed by atoms with E-state index in [2.05, 4.69) is 13.0 Å². The minimum atomic E-state index is 0.865. The summed E-state index contributed by atoms with van der Waals surface area (Å²) in [7, 11) is 0. The molecule has 0 aliphatic heterocycles. The summed E-state index contributed by atoms with van der Waals surface area (Å²) in [4.78, 5) is 2.93. The molecule has 1 aromatic heterocycles. The van der Waals surface area contributed by atoms with Crippen molar-refractivity contribution in [2.45, 2.75) is 44.9 Å². The molecule has 0 radical (unpaired) electrons. The molecule has 1 aromatic rings. The van der Waals surface area contributed by atoms with E-state index in [0.717, 1.165) is 35.3 Å². The Morgan fingerprint density at radius 2 is 1.65 bits per heavy atom. The van der Waals surface area contributed by atoms with Crippen molar-refractivity contribution in [1.29, 1.82) is 0 Å². The molecule has 2 N–H and O–H groups in total. The predicted octanol–water partition coefficient (Wildman–Crippen LogP) is 4.18. The molecule has 4 bridgehead atoms. The minimum Gasteiger partial charge on any atom is -0.398 e. The SMILES string of the molecule is Cc1sc(C2C3CC4CC(C3)CC2C4)cc1N. The molecule has 4 aliphatic carbocycles. The molecule has 0 atom stereocenters. The summed E-state index contributed by atoms with van der Waals surface area (Å²) in [6.07, 6.45) is 7.58. The van der Waals surface area contributed by atoms with E-state index in [4.69, 9.17) is 5.73 Å². The second-order valence-corrected chi connectivity index (χ2v) is 7.90. The lowest BCUT2D eigenvalue weighted by Crippen LogP contribution is -2.43. The Morgan fingerprint density at radius 1 is 1.06 bits per heavy atom. The molecule has 0 saturated heterocycles. The van der Waals surface area contributed by atoms with Gasteiger partial charge < -0.3 is 5.73 Å². The topological polar surface area (TPSA) is 26.0 Å². The van der Waals surface area contributed by atoms with Crippen molar-refractivity contribution in [3.63, 3.8) is 0 Å². The first-order valence-corrected chi connectivity index (χ1v) is 7.88. The molecule has 0 spiro atoms. The summed E-state index contributed by atoms with van der Waals surface area (Å²) in [6, 6.07) is 2.28. The van der Waals surface area contributed by atoms with Crippen LogP contribution in [0.25, 0.3) is 0 Å². The molecule has 0 aromatic carbocycles. The summed E-state index contributed by atoms with van der Waals surface area (Å²) >= 11 is 1.97. The maximum atomic E-state index is 6.04. The molecule has 0 unspecified atom stereocenters. The molecule has 2 heteroatoms. The predicted molar refractivity (Wildman–Crippen MR) is 73.3 cm³/mol. The molecule has 4 fully saturated rings. The quantitative estimate of drug-likeness (QED) is 0.791. The van der Waals surface area contributed by atoms with Crippen molar-refractivity contribution in [2.24, 2.45) is 23.7 Å². The monoisotopic (exact) mass is 247 g/mol. The zero-order valence-corrected chi connectivity index (χ0v) is 11.3. The fourth-order valence-corrected chi connectivity index (χ4v) is 6.31. The van der Waals surface area contributed by atoms with Crippen LogP contribution in [0.15, 0.2) is 6.07 Å². The van der Waals surface area contributed by atoms with Crippen LogP contribution in [0.3, 0.4) is 0 Å². The second kappa shape index (κ2) is 3.50. The number of thiophene rings is 1. The zero-order chi connectivity index (χ0) is 11.6. The van der Waals surface area contributed by atoms with Crippen LogP contribution in [0.4, 0.5) is 5.69 Å². The third-order valence-corrected chi connectivity index (χ3v) is 6.70. The average molecular weight is 247 g/mol. The van der Waals surface area contributed by atoms with Crippen LogP contribution in [0.5, 0.6) is 0 Å². The van der Waals surface area contributed by atoms with Gasteiger partial charge in [-0.15, -0.1) is 11.3 Å². The van der Waals surface area contributed by atoms with E-state index in [1.54, 1.807) is 11.3 Å². The van der Waals surface area contributed by atoms with Gasteiger partial charge in [-0.1, -0.05) is 0 Å². The van der Waals surface area contributed by atoms with Crippen LogP contribution in [0, 0.1) is 30.6 Å². The van der Waals surface area contributed by atoms with Gasteiger partial charge in [0.05, 0.1) is 0 Å². The Bertz CT molecular complexity index is 400. The standard InChI is InChI=1S/C15H21NS/c1-8-13(16)7-14(17-8)15-11-3-9-2-10(5-11)6-12(15)4-9/h7,9-12,15H,2-6,16H2,1H3. The number of hydrogen-bond donors (Lipinski definition) is 1. The number of nitrogen functional groups attached to an aromatic ring is 1. The number of anilines is 1. The molecule has 1 nitrogen and oxygen atoms in total. The van der Waals surface area contributed by atoms with E-state index in [0.29, 0.717) is 0 Å². The van der Waals surface area contributed by atoms with Crippen LogP contribution in [0.2, 0.25) is 0 Å². The highest BCUT2D eigenvalue weighted by Crippen LogP contribution is 2.60. The van der Waals surface area contributed by atoms with Gasteiger partial charge in [-0.05, 0) is 74.7 Å². The van der Waals surface area contributed by atoms with Gasteiger partial charge in [-0.25, -0.2) is 0 Å². The van der Waals surface area contributed by atoms with Gasteiger partial charge in [0, 0.05) is 15.4 Å². The Morgan fingerprint density at radius 3 is 2.12 bits per heavy atom. The van der Waals surface area contributed by atoms with Crippen molar-refractivity contribution in [3.05, 3.63) is 15.8 Å². The van der Waals surface area contributed by atoms with Crippen molar-refractivity contribution >= 4 is 17.0 Å². The highest BCUT2D eigenvalue weighted by Gasteiger charge is 2.48. The summed E-state index contributed by atoms with van der Waals surface area (Å²) in [5, 5.41) is 0. The molecule has 4 aliphatic rings. The van der Waals surface area contributed by atoms with E-state index in [1.165, 1.54) is 30.6 Å². The van der Waals surface area contributed by atoms with Crippen LogP contribution < -0.4 is 5.73 Å². The first kappa shape index (κ1) is 10.4. The molecule has 17 heavy (non-hydrogen) atoms. The maximum Gasteiger partial charge on any atom is 0.0455 e. The summed E-state index contributed by atoms with van der Waals surface area (Å²) in [6.45, 7) is 2.17. The van der Waals surface area contributed by atoms with Gasteiger partial charge in [0.15, 0.2) is 0 Å². The summed E-state index contributed by atoms with van der Waals surface area (Å²) in [5.41, 5.74) is 7.07. The van der Waals surface area contributed by atoms with Crippen molar-refractivity contribution in [1.82, 2.24) is 0 Å². The fourth-order valence-electron chi connectivity index (χ4n) is 5.07. The Kier molecular flexibility index (Phi) is 2.15. The molecular formula is C15H21NS. The van der Waals surface area contributed by atoms with Gasteiger partial charge in [0.1, 0.15) is 0 Å². The van der Waals surface area contributed by atoms with Crippen LogP contribution in [-0.2, 0) is 0 Å². The van der Waals surface area contributed by atoms with E-state index < -0.39 is 0 Å². The first-order valence-electron chi connectivity index (χ1n) is 7.06. The van der Waals surface area contributed by atoms with Crippen molar-refractivity contribution in [3.8, 4) is 0 Å². The number of nitrogens with two attached hydrogens (primary N) is 1. The maximum absolute atomic E-state index is 6.04. The van der Waals surface area contributed by atoms with Crippen molar-refractivity contribution in [2.75, 3.05) is 5.73 Å². The molecule has 5 rings (SSSR count). The fraction of sp³-hybridized carbons (Fsp3) is 0.733. The van der Waals surface area contributed by atoms with E-state index >= 15 is 0 Å². The minimum absolute atomic E-state index is 0.865. The second-order valence-electron chi connectivity index (χ2n) is 6.62. The molecule has 1 heterocycles. The van der Waals surface area contributed by atoms with E-state index in [9.17, 15) is 0 Å². The Labute approximate surface area is 107 Å². The zero-order valence-electron chi connectivity index (χ0n) is 10.5. The van der Waals surface area contributed by atoms with Gasteiger partial charge in [0.25, 0.3) is 0 Å². The third kappa shape index (κ3) is 1.49. The highest BCUT2D eigenvalue weighted by atomic mass is 32.1. The average Bonchev–Trinajstić information content (AvgIpc) is 2.57. The van der Waals surface area contributed by atoms with Crippen LogP contribution in [-0.4, -0.2) is 0 Å². The Hall–Kier alpha value is -0.500. The smallest absolute Gasteiger partial charge is 0.0455 e. The number of rotatable bonds is 1. The molecule has 0 amide bonds. The largest absolute Gasteiger partial charge is 0.398 e. The lowest BCUT2D eigenvalue weighted by atomic mass is 9.51. The molecule has 92 valence electrons. The molecular weight excluding hydrogens is 226 g/mol. The number of aryl methyl sites for hydroxylation is 1. The van der Waals surface area contributed by atoms with Crippen LogP contribution >= 0.6 is 11.3 Å². The van der Waals surface area contributed by atoms with Gasteiger partial charge in [-0.3, -0.25) is 0 Å². The highest BCUT2D eigenvalue weighted by molar-refractivity contribution is 7.12.